The van der Waals surface area contributed by atoms with E-state index < -0.39 is 16.7 Å². The molecule has 1 aromatic carbocycles. The normalized spacial score (nSPS) is 14.1. The number of halogens is 1. The number of carbonyl (C=O) groups is 1. The van der Waals surface area contributed by atoms with Crippen molar-refractivity contribution in [3.05, 3.63) is 45.5 Å². The maximum absolute atomic E-state index is 13.4. The summed E-state index contributed by atoms with van der Waals surface area (Å²) in [4.78, 5) is 21.5. The van der Waals surface area contributed by atoms with Gasteiger partial charge in [-0.25, -0.2) is 13.9 Å². The minimum atomic E-state index is -1.26. The maximum Gasteiger partial charge on any atom is 0.358 e. The summed E-state index contributed by atoms with van der Waals surface area (Å²) in [6, 6.07) is 2.93. The topological polar surface area (TPSA) is 111 Å². The summed E-state index contributed by atoms with van der Waals surface area (Å²) in [5.41, 5.74) is -0.464. The Morgan fingerprint density at radius 1 is 1.48 bits per heavy atom. The van der Waals surface area contributed by atoms with E-state index in [0.717, 1.165) is 35.7 Å². The summed E-state index contributed by atoms with van der Waals surface area (Å²) in [5.74, 6) is -2.01. The van der Waals surface area contributed by atoms with E-state index in [-0.39, 0.29) is 28.7 Å². The Morgan fingerprint density at radius 2 is 2.19 bits per heavy atom. The SMILES string of the molecule is O=C(O)c1nnn(-c2cc(F)ccc2[N+](=O)[O-])c1C1CC1. The first kappa shape index (κ1) is 13.2. The highest BCUT2D eigenvalue weighted by atomic mass is 19.1. The number of hydrogen-bond donors (Lipinski definition) is 1. The first-order chi connectivity index (χ1) is 9.99. The average Bonchev–Trinajstić information content (AvgIpc) is 3.16. The van der Waals surface area contributed by atoms with Crippen LogP contribution in [0.15, 0.2) is 18.2 Å². The summed E-state index contributed by atoms with van der Waals surface area (Å²) in [5, 5.41) is 27.4. The number of benzene rings is 1. The molecule has 1 N–H and O–H groups in total. The highest BCUT2D eigenvalue weighted by molar-refractivity contribution is 5.87. The molecule has 1 aromatic heterocycles. The zero-order valence-electron chi connectivity index (χ0n) is 10.6. The van der Waals surface area contributed by atoms with Gasteiger partial charge in [0.2, 0.25) is 0 Å². The van der Waals surface area contributed by atoms with Crippen molar-refractivity contribution < 1.29 is 19.2 Å². The fourth-order valence-electron chi connectivity index (χ4n) is 2.16. The summed E-state index contributed by atoms with van der Waals surface area (Å²) in [6.07, 6.45) is 1.49. The molecule has 108 valence electrons. The van der Waals surface area contributed by atoms with Crippen LogP contribution in [0.5, 0.6) is 0 Å². The molecule has 21 heavy (non-hydrogen) atoms. The van der Waals surface area contributed by atoms with E-state index in [1.807, 2.05) is 0 Å². The smallest absolute Gasteiger partial charge is 0.358 e. The maximum atomic E-state index is 13.4. The van der Waals surface area contributed by atoms with Gasteiger partial charge in [0.15, 0.2) is 5.69 Å². The van der Waals surface area contributed by atoms with Crippen molar-refractivity contribution in [3.8, 4) is 5.69 Å². The average molecular weight is 292 g/mol. The predicted molar refractivity (Wildman–Crippen MR) is 66.9 cm³/mol. The number of aromatic nitrogens is 3. The molecule has 9 heteroatoms. The van der Waals surface area contributed by atoms with Crippen molar-refractivity contribution in [1.29, 1.82) is 0 Å². The van der Waals surface area contributed by atoms with Gasteiger partial charge in [0.05, 0.1) is 10.6 Å². The number of aromatic carboxylic acids is 1. The molecule has 8 nitrogen and oxygen atoms in total. The van der Waals surface area contributed by atoms with Crippen LogP contribution in [0.2, 0.25) is 0 Å². The van der Waals surface area contributed by atoms with Crippen LogP contribution in [0.1, 0.15) is 34.9 Å². The summed E-state index contributed by atoms with van der Waals surface area (Å²) in [7, 11) is 0. The number of carboxylic acid groups (broad SMARTS) is 1. The molecule has 3 rings (SSSR count). The zero-order chi connectivity index (χ0) is 15.1. The van der Waals surface area contributed by atoms with Crippen LogP contribution >= 0.6 is 0 Å². The van der Waals surface area contributed by atoms with Crippen LogP contribution in [0.3, 0.4) is 0 Å². The molecule has 0 bridgehead atoms. The van der Waals surface area contributed by atoms with Gasteiger partial charge in [-0.1, -0.05) is 5.21 Å². The van der Waals surface area contributed by atoms with E-state index >= 15 is 0 Å². The zero-order valence-corrected chi connectivity index (χ0v) is 10.6. The van der Waals surface area contributed by atoms with E-state index in [4.69, 9.17) is 5.11 Å². The first-order valence-corrected chi connectivity index (χ1v) is 6.12. The monoisotopic (exact) mass is 292 g/mol. The van der Waals surface area contributed by atoms with Crippen LogP contribution in [0.4, 0.5) is 10.1 Å². The third kappa shape index (κ3) is 2.22. The Bertz CT molecular complexity index is 754. The third-order valence-corrected chi connectivity index (χ3v) is 3.23. The lowest BCUT2D eigenvalue weighted by atomic mass is 10.2. The molecule has 0 unspecified atom stereocenters. The predicted octanol–water partition coefficient (Wildman–Crippen LogP) is 1.89. The van der Waals surface area contributed by atoms with Crippen molar-refractivity contribution in [2.45, 2.75) is 18.8 Å². The number of rotatable bonds is 4. The molecule has 0 atom stereocenters. The second-order valence-electron chi connectivity index (χ2n) is 4.70. The molecule has 0 amide bonds. The highest BCUT2D eigenvalue weighted by Gasteiger charge is 2.35. The first-order valence-electron chi connectivity index (χ1n) is 6.12. The van der Waals surface area contributed by atoms with Crippen molar-refractivity contribution in [2.24, 2.45) is 0 Å². The quantitative estimate of drug-likeness (QED) is 0.680. The van der Waals surface area contributed by atoms with Crippen molar-refractivity contribution in [2.75, 3.05) is 0 Å². The minimum absolute atomic E-state index is 0.0750. The Labute approximate surface area is 117 Å². The molecular weight excluding hydrogens is 283 g/mol. The summed E-state index contributed by atoms with van der Waals surface area (Å²) in [6.45, 7) is 0. The van der Waals surface area contributed by atoms with Crippen LogP contribution in [-0.4, -0.2) is 31.0 Å². The van der Waals surface area contributed by atoms with Gasteiger partial charge in [0.25, 0.3) is 5.69 Å². The Morgan fingerprint density at radius 3 is 2.76 bits per heavy atom. The van der Waals surface area contributed by atoms with Gasteiger partial charge in [-0.2, -0.15) is 0 Å². The number of nitrogens with zero attached hydrogens (tertiary/aromatic N) is 4. The van der Waals surface area contributed by atoms with E-state index in [9.17, 15) is 19.3 Å². The van der Waals surface area contributed by atoms with Crippen LogP contribution in [0.25, 0.3) is 5.69 Å². The van der Waals surface area contributed by atoms with Crippen LogP contribution < -0.4 is 0 Å². The molecule has 0 spiro atoms. The fraction of sp³-hybridized carbons (Fsp3) is 0.250. The number of carboxylic acids is 1. The van der Waals surface area contributed by atoms with Gasteiger partial charge in [-0.3, -0.25) is 10.1 Å². The Balaban J connectivity index is 2.24. The lowest BCUT2D eigenvalue weighted by molar-refractivity contribution is -0.384. The highest BCUT2D eigenvalue weighted by Crippen LogP contribution is 2.42. The van der Waals surface area contributed by atoms with Gasteiger partial charge < -0.3 is 5.11 Å². The molecule has 1 aliphatic carbocycles. The van der Waals surface area contributed by atoms with E-state index in [1.54, 1.807) is 0 Å². The summed E-state index contributed by atoms with van der Waals surface area (Å²) >= 11 is 0. The molecule has 1 fully saturated rings. The van der Waals surface area contributed by atoms with E-state index in [0.29, 0.717) is 0 Å². The largest absolute Gasteiger partial charge is 0.476 e. The van der Waals surface area contributed by atoms with Gasteiger partial charge in [0, 0.05) is 18.1 Å². The van der Waals surface area contributed by atoms with Crippen molar-refractivity contribution in [3.63, 3.8) is 0 Å². The lowest BCUT2D eigenvalue weighted by Gasteiger charge is -2.06. The molecular formula is C12H9FN4O4. The van der Waals surface area contributed by atoms with Gasteiger partial charge >= 0.3 is 5.97 Å². The molecule has 1 aliphatic rings. The Hall–Kier alpha value is -2.84. The number of hydrogen-bond acceptors (Lipinski definition) is 5. The van der Waals surface area contributed by atoms with Gasteiger partial charge in [-0.15, -0.1) is 5.10 Å². The number of nitro benzene ring substituents is 1. The second kappa shape index (κ2) is 4.62. The molecule has 0 saturated heterocycles. The third-order valence-electron chi connectivity index (χ3n) is 3.23. The molecule has 2 aromatic rings. The van der Waals surface area contributed by atoms with Crippen LogP contribution in [-0.2, 0) is 0 Å². The molecule has 0 aliphatic heterocycles. The van der Waals surface area contributed by atoms with E-state index in [1.165, 1.54) is 0 Å². The molecule has 1 heterocycles. The Kier molecular flexibility index (Phi) is 2.89. The van der Waals surface area contributed by atoms with Gasteiger partial charge in [-0.05, 0) is 18.9 Å². The fourth-order valence-corrected chi connectivity index (χ4v) is 2.16. The van der Waals surface area contributed by atoms with E-state index in [2.05, 4.69) is 10.3 Å². The summed E-state index contributed by atoms with van der Waals surface area (Å²) < 4.78 is 14.5. The van der Waals surface area contributed by atoms with Crippen molar-refractivity contribution in [1.82, 2.24) is 15.0 Å². The molecule has 1 saturated carbocycles. The minimum Gasteiger partial charge on any atom is -0.476 e. The second-order valence-corrected chi connectivity index (χ2v) is 4.70. The number of nitro groups is 1. The lowest BCUT2D eigenvalue weighted by Crippen LogP contribution is -2.08. The van der Waals surface area contributed by atoms with Gasteiger partial charge in [0.1, 0.15) is 11.5 Å². The molecule has 0 radical (unpaired) electrons. The van der Waals surface area contributed by atoms with Crippen LogP contribution in [0, 0.1) is 15.9 Å². The standard InChI is InChI=1S/C12H9FN4O4/c13-7-3-4-8(17(20)21)9(5-7)16-11(6-1-2-6)10(12(18)19)14-15-16/h3-6H,1-2H2,(H,18,19). The van der Waals surface area contributed by atoms with Crippen molar-refractivity contribution >= 4 is 11.7 Å².